The van der Waals surface area contributed by atoms with Gasteiger partial charge in [0.1, 0.15) is 11.6 Å². The van der Waals surface area contributed by atoms with Crippen molar-refractivity contribution < 1.29 is 14.3 Å². The molecule has 8 nitrogen and oxygen atoms in total. The second-order valence-electron chi connectivity index (χ2n) is 7.86. The van der Waals surface area contributed by atoms with Crippen LogP contribution in [0.15, 0.2) is 48.8 Å². The third-order valence-corrected chi connectivity index (χ3v) is 5.59. The van der Waals surface area contributed by atoms with Gasteiger partial charge in [0.05, 0.1) is 31.3 Å². The highest BCUT2D eigenvalue weighted by atomic mass is 16.5. The lowest BCUT2D eigenvalue weighted by Gasteiger charge is -2.54. The molecule has 1 aromatic heterocycles. The summed E-state index contributed by atoms with van der Waals surface area (Å²) in [5, 5.41) is 11.9. The van der Waals surface area contributed by atoms with E-state index in [4.69, 9.17) is 10.00 Å². The summed E-state index contributed by atoms with van der Waals surface area (Å²) in [7, 11) is 1.90. The maximum Gasteiger partial charge on any atom is 0.254 e. The number of amides is 2. The Kier molecular flexibility index (Phi) is 5.48. The van der Waals surface area contributed by atoms with Crippen LogP contribution in [0.2, 0.25) is 0 Å². The quantitative estimate of drug-likeness (QED) is 0.808. The van der Waals surface area contributed by atoms with E-state index in [0.29, 0.717) is 37.3 Å². The smallest absolute Gasteiger partial charge is 0.254 e. The highest BCUT2D eigenvalue weighted by Gasteiger charge is 2.51. The normalized spacial score (nSPS) is 20.3. The molecule has 1 spiro atoms. The molecule has 0 saturated carbocycles. The molecule has 30 heavy (non-hydrogen) atoms. The number of nitrogens with one attached hydrogen (secondary N) is 1. The number of rotatable bonds is 4. The summed E-state index contributed by atoms with van der Waals surface area (Å²) in [6.07, 6.45) is 3.42. The van der Waals surface area contributed by atoms with Gasteiger partial charge in [-0.1, -0.05) is 12.1 Å². The van der Waals surface area contributed by atoms with Gasteiger partial charge in [-0.3, -0.25) is 19.5 Å². The fourth-order valence-corrected chi connectivity index (χ4v) is 3.97. The van der Waals surface area contributed by atoms with Gasteiger partial charge in [0, 0.05) is 31.0 Å². The van der Waals surface area contributed by atoms with Gasteiger partial charge in [-0.05, 0) is 36.9 Å². The highest BCUT2D eigenvalue weighted by Crippen LogP contribution is 2.31. The molecule has 1 aromatic carbocycles. The molecule has 0 radical (unpaired) electrons. The van der Waals surface area contributed by atoms with E-state index in [1.165, 1.54) is 0 Å². The lowest BCUT2D eigenvalue weighted by atomic mass is 9.90. The first kappa shape index (κ1) is 20.0. The van der Waals surface area contributed by atoms with Crippen LogP contribution < -0.4 is 5.32 Å². The number of nitrogens with zero attached hydrogens (tertiary/aromatic N) is 4. The first-order valence-electron chi connectivity index (χ1n) is 9.80. The highest BCUT2D eigenvalue weighted by molar-refractivity contribution is 5.95. The maximum absolute atomic E-state index is 12.7. The van der Waals surface area contributed by atoms with E-state index in [1.807, 2.05) is 24.1 Å². The fourth-order valence-electron chi connectivity index (χ4n) is 3.97. The van der Waals surface area contributed by atoms with Crippen LogP contribution in [0.1, 0.15) is 21.5 Å². The van der Waals surface area contributed by atoms with Crippen LogP contribution in [0.4, 0.5) is 0 Å². The van der Waals surface area contributed by atoms with Crippen LogP contribution >= 0.6 is 0 Å². The standard InChI is InChI=1S/C22H23N5O3/c1-26-13-22(14-27(15-22)21(29)18-6-2-4-16(8-18)9-23)30-12-19(26)20(28)25-11-17-5-3-7-24-10-17/h2-8,10,19H,11-15H2,1H3,(H,25,28). The lowest BCUT2D eigenvalue weighted by Crippen LogP contribution is -2.73. The average molecular weight is 405 g/mol. The molecule has 2 amide bonds. The summed E-state index contributed by atoms with van der Waals surface area (Å²) in [6, 6.07) is 12.1. The van der Waals surface area contributed by atoms with Crippen molar-refractivity contribution in [1.29, 1.82) is 5.26 Å². The van der Waals surface area contributed by atoms with Crippen LogP contribution in [0.25, 0.3) is 0 Å². The Hall–Kier alpha value is -3.28. The number of morpholine rings is 1. The molecule has 2 aromatic rings. The van der Waals surface area contributed by atoms with Crippen molar-refractivity contribution in [3.8, 4) is 6.07 Å². The Morgan fingerprint density at radius 2 is 2.13 bits per heavy atom. The predicted molar refractivity (Wildman–Crippen MR) is 108 cm³/mol. The van der Waals surface area contributed by atoms with Crippen molar-refractivity contribution in [2.75, 3.05) is 33.3 Å². The van der Waals surface area contributed by atoms with Gasteiger partial charge in [0.2, 0.25) is 5.91 Å². The first-order chi connectivity index (χ1) is 14.5. The summed E-state index contributed by atoms with van der Waals surface area (Å²) < 4.78 is 6.06. The Balaban J connectivity index is 1.30. The minimum atomic E-state index is -0.447. The monoisotopic (exact) mass is 405 g/mol. The molecule has 2 aliphatic rings. The number of likely N-dealkylation sites (N-methyl/N-ethyl adjacent to an activating group) is 1. The number of hydrogen-bond donors (Lipinski definition) is 1. The van der Waals surface area contributed by atoms with Gasteiger partial charge in [-0.2, -0.15) is 5.26 Å². The number of nitriles is 1. The van der Waals surface area contributed by atoms with Gasteiger partial charge >= 0.3 is 0 Å². The van der Waals surface area contributed by atoms with Gasteiger partial charge < -0.3 is 15.0 Å². The zero-order valence-electron chi connectivity index (χ0n) is 16.7. The van der Waals surface area contributed by atoms with Crippen molar-refractivity contribution in [2.45, 2.75) is 18.2 Å². The Bertz CT molecular complexity index is 982. The maximum atomic E-state index is 12.7. The molecule has 3 heterocycles. The zero-order chi connectivity index (χ0) is 21.1. The minimum Gasteiger partial charge on any atom is -0.368 e. The summed E-state index contributed by atoms with van der Waals surface area (Å²) >= 11 is 0. The van der Waals surface area contributed by atoms with Crippen molar-refractivity contribution >= 4 is 11.8 Å². The van der Waals surface area contributed by atoms with E-state index in [-0.39, 0.29) is 24.5 Å². The van der Waals surface area contributed by atoms with Crippen molar-refractivity contribution in [3.05, 3.63) is 65.5 Å². The van der Waals surface area contributed by atoms with Crippen LogP contribution in [0.5, 0.6) is 0 Å². The zero-order valence-corrected chi connectivity index (χ0v) is 16.7. The Morgan fingerprint density at radius 3 is 2.83 bits per heavy atom. The number of hydrogen-bond acceptors (Lipinski definition) is 6. The topological polar surface area (TPSA) is 98.6 Å². The predicted octanol–water partition coefficient (Wildman–Crippen LogP) is 0.795. The molecule has 1 atom stereocenters. The van der Waals surface area contributed by atoms with Crippen LogP contribution in [-0.4, -0.2) is 71.5 Å². The van der Waals surface area contributed by atoms with Gasteiger partial charge in [0.25, 0.3) is 5.91 Å². The average Bonchev–Trinajstić information content (AvgIpc) is 2.76. The molecular weight excluding hydrogens is 382 g/mol. The number of carbonyl (C=O) groups excluding carboxylic acids is 2. The molecule has 2 aliphatic heterocycles. The van der Waals surface area contributed by atoms with Gasteiger partial charge in [0.15, 0.2) is 0 Å². The molecule has 1 N–H and O–H groups in total. The summed E-state index contributed by atoms with van der Waals surface area (Å²) in [5.41, 5.74) is 1.46. The van der Waals surface area contributed by atoms with Crippen molar-refractivity contribution in [1.82, 2.24) is 20.1 Å². The number of benzene rings is 1. The summed E-state index contributed by atoms with van der Waals surface area (Å²) in [6.45, 7) is 2.21. The van der Waals surface area contributed by atoms with Gasteiger partial charge in [-0.15, -0.1) is 0 Å². The lowest BCUT2D eigenvalue weighted by molar-refractivity contribution is -0.187. The second-order valence-corrected chi connectivity index (χ2v) is 7.86. The van der Waals surface area contributed by atoms with Crippen molar-refractivity contribution in [2.24, 2.45) is 0 Å². The van der Waals surface area contributed by atoms with E-state index in [2.05, 4.69) is 16.4 Å². The number of pyridine rings is 1. The Morgan fingerprint density at radius 1 is 1.30 bits per heavy atom. The molecule has 154 valence electrons. The van der Waals surface area contributed by atoms with E-state index < -0.39 is 5.60 Å². The van der Waals surface area contributed by atoms with E-state index in [1.54, 1.807) is 41.6 Å². The molecule has 2 saturated heterocycles. The first-order valence-corrected chi connectivity index (χ1v) is 9.80. The Labute approximate surface area is 175 Å². The number of likely N-dealkylation sites (tertiary alicyclic amines) is 1. The molecule has 1 unspecified atom stereocenters. The largest absolute Gasteiger partial charge is 0.368 e. The molecule has 0 bridgehead atoms. The van der Waals surface area contributed by atoms with Crippen LogP contribution in [-0.2, 0) is 16.1 Å². The third-order valence-electron chi connectivity index (χ3n) is 5.59. The number of ether oxygens (including phenoxy) is 1. The summed E-state index contributed by atoms with van der Waals surface area (Å²) in [4.78, 5) is 33.0. The van der Waals surface area contributed by atoms with E-state index in [9.17, 15) is 9.59 Å². The number of carbonyl (C=O) groups is 2. The summed E-state index contributed by atoms with van der Waals surface area (Å²) in [5.74, 6) is -0.197. The second kappa shape index (κ2) is 8.22. The third kappa shape index (κ3) is 4.03. The number of aromatic nitrogens is 1. The molecular formula is C22H23N5O3. The molecule has 2 fully saturated rings. The molecule has 4 rings (SSSR count). The van der Waals surface area contributed by atoms with Gasteiger partial charge in [-0.25, -0.2) is 0 Å². The fraction of sp³-hybridized carbons (Fsp3) is 0.364. The minimum absolute atomic E-state index is 0.0863. The SMILES string of the molecule is CN1CC2(CN(C(=O)c3cccc(C#N)c3)C2)OCC1C(=O)NCc1cccnc1. The van der Waals surface area contributed by atoms with Crippen molar-refractivity contribution in [3.63, 3.8) is 0 Å². The molecule has 0 aliphatic carbocycles. The van der Waals surface area contributed by atoms with E-state index >= 15 is 0 Å². The van der Waals surface area contributed by atoms with Crippen LogP contribution in [0, 0.1) is 11.3 Å². The molecule has 8 heteroatoms. The van der Waals surface area contributed by atoms with E-state index in [0.717, 1.165) is 5.56 Å². The van der Waals surface area contributed by atoms with Crippen LogP contribution in [0.3, 0.4) is 0 Å².